The molecule has 1 aromatic carbocycles. The number of aromatic nitrogens is 1. The fourth-order valence-electron chi connectivity index (χ4n) is 1.86. The van der Waals surface area contributed by atoms with Gasteiger partial charge in [0.1, 0.15) is 5.75 Å². The second-order valence-corrected chi connectivity index (χ2v) is 4.21. The Morgan fingerprint density at radius 2 is 2.00 bits per heavy atom. The number of para-hydroxylation sites is 1. The Morgan fingerprint density at radius 1 is 1.22 bits per heavy atom. The lowest BCUT2D eigenvalue weighted by Gasteiger charge is -2.05. The highest BCUT2D eigenvalue weighted by molar-refractivity contribution is 5.98. The van der Waals surface area contributed by atoms with Crippen molar-refractivity contribution in [1.29, 1.82) is 0 Å². The maximum atomic E-state index is 12.0. The van der Waals surface area contributed by atoms with Crippen LogP contribution >= 0.6 is 0 Å². The van der Waals surface area contributed by atoms with E-state index < -0.39 is 0 Å². The van der Waals surface area contributed by atoms with Gasteiger partial charge in [0.15, 0.2) is 5.78 Å². The molecule has 0 saturated heterocycles. The summed E-state index contributed by atoms with van der Waals surface area (Å²) < 4.78 is 0. The van der Waals surface area contributed by atoms with Crippen molar-refractivity contribution in [3.05, 3.63) is 59.4 Å². The largest absolute Gasteiger partial charge is 0.507 e. The summed E-state index contributed by atoms with van der Waals surface area (Å²) in [4.78, 5) is 16.2. The van der Waals surface area contributed by atoms with Gasteiger partial charge in [-0.3, -0.25) is 9.78 Å². The molecule has 2 rings (SSSR count). The number of nitrogens with zero attached hydrogens (tertiary/aromatic N) is 1. The first-order valence-electron chi connectivity index (χ1n) is 5.90. The molecule has 18 heavy (non-hydrogen) atoms. The fraction of sp³-hybridized carbons (Fsp3) is 0.200. The monoisotopic (exact) mass is 241 g/mol. The molecule has 0 amide bonds. The van der Waals surface area contributed by atoms with Crippen LogP contribution in [0.3, 0.4) is 0 Å². The predicted molar refractivity (Wildman–Crippen MR) is 69.7 cm³/mol. The van der Waals surface area contributed by atoms with E-state index in [9.17, 15) is 9.90 Å². The SMILES string of the molecule is Cc1cccnc1CCC(=O)c1ccccc1O. The average Bonchev–Trinajstić information content (AvgIpc) is 2.38. The second-order valence-electron chi connectivity index (χ2n) is 4.21. The molecule has 1 N–H and O–H groups in total. The molecule has 2 aromatic rings. The Morgan fingerprint density at radius 3 is 2.72 bits per heavy atom. The molecule has 0 aliphatic rings. The summed E-state index contributed by atoms with van der Waals surface area (Å²) in [5.41, 5.74) is 2.40. The molecule has 92 valence electrons. The molecule has 0 radical (unpaired) electrons. The van der Waals surface area contributed by atoms with Gasteiger partial charge in [0.05, 0.1) is 5.56 Å². The maximum absolute atomic E-state index is 12.0. The molecule has 1 aromatic heterocycles. The van der Waals surface area contributed by atoms with Gasteiger partial charge in [-0.05, 0) is 37.1 Å². The molecule has 0 fully saturated rings. The molecular formula is C15H15NO2. The number of carbonyl (C=O) groups excluding carboxylic acids is 1. The molecule has 1 heterocycles. The Labute approximate surface area is 106 Å². The number of Topliss-reactive ketones (excluding diaryl/α,β-unsaturated/α-hetero) is 1. The first kappa shape index (κ1) is 12.3. The van der Waals surface area contributed by atoms with Crippen molar-refractivity contribution < 1.29 is 9.90 Å². The first-order chi connectivity index (χ1) is 8.68. The van der Waals surface area contributed by atoms with Crippen molar-refractivity contribution >= 4 is 5.78 Å². The third-order valence-corrected chi connectivity index (χ3v) is 2.91. The first-order valence-corrected chi connectivity index (χ1v) is 5.90. The number of pyridine rings is 1. The topological polar surface area (TPSA) is 50.2 Å². The molecule has 0 atom stereocenters. The molecule has 3 heteroatoms. The van der Waals surface area contributed by atoms with Crippen molar-refractivity contribution in [2.24, 2.45) is 0 Å². The van der Waals surface area contributed by atoms with Gasteiger partial charge in [0.25, 0.3) is 0 Å². The zero-order valence-electron chi connectivity index (χ0n) is 10.3. The second kappa shape index (κ2) is 5.45. The van der Waals surface area contributed by atoms with Crippen LogP contribution in [-0.4, -0.2) is 15.9 Å². The third-order valence-electron chi connectivity index (χ3n) is 2.91. The maximum Gasteiger partial charge on any atom is 0.166 e. The molecule has 0 spiro atoms. The van der Waals surface area contributed by atoms with E-state index in [1.165, 1.54) is 6.07 Å². The van der Waals surface area contributed by atoms with E-state index in [0.717, 1.165) is 11.3 Å². The quantitative estimate of drug-likeness (QED) is 0.837. The third kappa shape index (κ3) is 2.74. The number of benzene rings is 1. The van der Waals surface area contributed by atoms with Crippen molar-refractivity contribution in [1.82, 2.24) is 4.98 Å². The number of aryl methyl sites for hydroxylation is 2. The average molecular weight is 241 g/mol. The number of aromatic hydroxyl groups is 1. The smallest absolute Gasteiger partial charge is 0.166 e. The summed E-state index contributed by atoms with van der Waals surface area (Å²) in [6.45, 7) is 1.98. The minimum absolute atomic E-state index is 0.0419. The molecule has 0 bridgehead atoms. The number of phenolic OH excluding ortho intramolecular Hbond substituents is 1. The highest BCUT2D eigenvalue weighted by atomic mass is 16.3. The van der Waals surface area contributed by atoms with Crippen molar-refractivity contribution in [3.8, 4) is 5.75 Å². The van der Waals surface area contributed by atoms with E-state index in [4.69, 9.17) is 0 Å². The van der Waals surface area contributed by atoms with Crippen molar-refractivity contribution in [2.45, 2.75) is 19.8 Å². The van der Waals surface area contributed by atoms with Gasteiger partial charge in [-0.15, -0.1) is 0 Å². The van der Waals surface area contributed by atoms with Gasteiger partial charge >= 0.3 is 0 Å². The van der Waals surface area contributed by atoms with Crippen molar-refractivity contribution in [2.75, 3.05) is 0 Å². The van der Waals surface area contributed by atoms with Crippen molar-refractivity contribution in [3.63, 3.8) is 0 Å². The number of phenols is 1. The van der Waals surface area contributed by atoms with Gasteiger partial charge in [0, 0.05) is 18.3 Å². The summed E-state index contributed by atoms with van der Waals surface area (Å²) >= 11 is 0. The highest BCUT2D eigenvalue weighted by Crippen LogP contribution is 2.18. The van der Waals surface area contributed by atoms with Crippen LogP contribution in [-0.2, 0) is 6.42 Å². The normalized spacial score (nSPS) is 10.3. The minimum Gasteiger partial charge on any atom is -0.507 e. The molecular weight excluding hydrogens is 226 g/mol. The number of rotatable bonds is 4. The fourth-order valence-corrected chi connectivity index (χ4v) is 1.86. The summed E-state index contributed by atoms with van der Waals surface area (Å²) in [6.07, 6.45) is 2.68. The number of hydrogen-bond donors (Lipinski definition) is 1. The lowest BCUT2D eigenvalue weighted by atomic mass is 10.0. The molecule has 3 nitrogen and oxygen atoms in total. The van der Waals surface area contributed by atoms with E-state index in [0.29, 0.717) is 18.4 Å². The van der Waals surface area contributed by atoms with Gasteiger partial charge in [0.2, 0.25) is 0 Å². The molecule has 0 aliphatic heterocycles. The van der Waals surface area contributed by atoms with E-state index in [-0.39, 0.29) is 11.5 Å². The Balaban J connectivity index is 2.06. The zero-order valence-corrected chi connectivity index (χ0v) is 10.3. The molecule has 0 saturated carbocycles. The number of hydrogen-bond acceptors (Lipinski definition) is 3. The lowest BCUT2D eigenvalue weighted by Crippen LogP contribution is -2.03. The summed E-state index contributed by atoms with van der Waals surface area (Å²) in [5.74, 6) is -0.0154. The van der Waals surface area contributed by atoms with Gasteiger partial charge in [-0.1, -0.05) is 18.2 Å². The Kier molecular flexibility index (Phi) is 3.72. The van der Waals surface area contributed by atoms with Gasteiger partial charge < -0.3 is 5.11 Å². The zero-order chi connectivity index (χ0) is 13.0. The molecule has 0 aliphatic carbocycles. The van der Waals surface area contributed by atoms with Gasteiger partial charge in [-0.2, -0.15) is 0 Å². The van der Waals surface area contributed by atoms with Crippen LogP contribution in [0.25, 0.3) is 0 Å². The standard InChI is InChI=1S/C15H15NO2/c1-11-5-4-10-16-13(11)8-9-15(18)12-6-2-3-7-14(12)17/h2-7,10,17H,8-9H2,1H3. The van der Waals surface area contributed by atoms with Crippen LogP contribution in [0, 0.1) is 6.92 Å². The summed E-state index contributed by atoms with van der Waals surface area (Å²) in [5, 5.41) is 9.60. The van der Waals surface area contributed by atoms with E-state index in [2.05, 4.69) is 4.98 Å². The Bertz CT molecular complexity index is 564. The van der Waals surface area contributed by atoms with E-state index >= 15 is 0 Å². The van der Waals surface area contributed by atoms with Crippen LogP contribution in [0.15, 0.2) is 42.6 Å². The van der Waals surface area contributed by atoms with Crippen LogP contribution in [0.4, 0.5) is 0 Å². The number of carbonyl (C=O) groups is 1. The lowest BCUT2D eigenvalue weighted by molar-refractivity contribution is 0.0980. The summed E-state index contributed by atoms with van der Waals surface area (Å²) in [7, 11) is 0. The Hall–Kier alpha value is -2.16. The number of ketones is 1. The van der Waals surface area contributed by atoms with E-state index in [1.54, 1.807) is 24.4 Å². The van der Waals surface area contributed by atoms with Crippen LogP contribution in [0.1, 0.15) is 28.0 Å². The van der Waals surface area contributed by atoms with Crippen LogP contribution < -0.4 is 0 Å². The minimum atomic E-state index is -0.0573. The van der Waals surface area contributed by atoms with Crippen LogP contribution in [0.2, 0.25) is 0 Å². The summed E-state index contributed by atoms with van der Waals surface area (Å²) in [6, 6.07) is 10.5. The van der Waals surface area contributed by atoms with Crippen LogP contribution in [0.5, 0.6) is 5.75 Å². The van der Waals surface area contributed by atoms with Gasteiger partial charge in [-0.25, -0.2) is 0 Å². The van der Waals surface area contributed by atoms with E-state index in [1.807, 2.05) is 19.1 Å². The molecule has 0 unspecified atom stereocenters. The predicted octanol–water partition coefficient (Wildman–Crippen LogP) is 2.91. The highest BCUT2D eigenvalue weighted by Gasteiger charge is 2.11.